The first-order valence-corrected chi connectivity index (χ1v) is 5.08. The summed E-state index contributed by atoms with van der Waals surface area (Å²) in [6.07, 6.45) is 0. The van der Waals surface area contributed by atoms with Crippen molar-refractivity contribution in [2.45, 2.75) is 6.54 Å². The zero-order chi connectivity index (χ0) is 10.8. The quantitative estimate of drug-likeness (QED) is 0.727. The summed E-state index contributed by atoms with van der Waals surface area (Å²) < 4.78 is 1.26. The molecule has 2 heterocycles. The van der Waals surface area contributed by atoms with Crippen LogP contribution in [0.5, 0.6) is 0 Å². The van der Waals surface area contributed by atoms with Crippen LogP contribution < -0.4 is 17.0 Å². The fourth-order valence-electron chi connectivity index (χ4n) is 1.18. The van der Waals surface area contributed by atoms with Gasteiger partial charge in [-0.1, -0.05) is 0 Å². The third-order valence-corrected chi connectivity index (χ3v) is 2.50. The Bertz CT molecular complexity index is 569. The van der Waals surface area contributed by atoms with E-state index in [4.69, 9.17) is 5.73 Å². The average molecular weight is 224 g/mol. The van der Waals surface area contributed by atoms with Crippen LogP contribution in [0.2, 0.25) is 0 Å². The SMILES string of the molecule is Nc1cc(=O)[nH]c(=O)n1Cc1cscn1. The zero-order valence-corrected chi connectivity index (χ0v) is 8.45. The summed E-state index contributed by atoms with van der Waals surface area (Å²) in [5.41, 5.74) is 6.95. The van der Waals surface area contributed by atoms with Gasteiger partial charge >= 0.3 is 5.69 Å². The summed E-state index contributed by atoms with van der Waals surface area (Å²) in [5.74, 6) is 0.136. The molecule has 0 atom stereocenters. The molecule has 78 valence electrons. The summed E-state index contributed by atoms with van der Waals surface area (Å²) >= 11 is 1.43. The predicted octanol–water partition coefficient (Wildman–Crippen LogP) is -0.376. The molecule has 3 N–H and O–H groups in total. The van der Waals surface area contributed by atoms with E-state index < -0.39 is 11.2 Å². The molecular weight excluding hydrogens is 216 g/mol. The molecule has 0 spiro atoms. The minimum absolute atomic E-state index is 0.136. The number of hydrogen-bond donors (Lipinski definition) is 2. The van der Waals surface area contributed by atoms with Crippen LogP contribution in [0.25, 0.3) is 0 Å². The second kappa shape index (κ2) is 3.70. The number of nitrogens with one attached hydrogen (secondary N) is 1. The van der Waals surface area contributed by atoms with E-state index in [0.29, 0.717) is 0 Å². The molecular formula is C8H8N4O2S. The molecule has 0 saturated heterocycles. The van der Waals surface area contributed by atoms with Crippen molar-refractivity contribution in [3.8, 4) is 0 Å². The molecule has 0 aliphatic rings. The van der Waals surface area contributed by atoms with E-state index in [1.807, 2.05) is 5.38 Å². The van der Waals surface area contributed by atoms with Crippen molar-refractivity contribution in [2.75, 3.05) is 5.73 Å². The number of anilines is 1. The Morgan fingerprint density at radius 1 is 1.53 bits per heavy atom. The molecule has 2 aromatic rings. The molecule has 0 aromatic carbocycles. The number of thiazole rings is 1. The molecule has 0 bridgehead atoms. The molecule has 0 unspecified atom stereocenters. The van der Waals surface area contributed by atoms with Crippen molar-refractivity contribution in [1.82, 2.24) is 14.5 Å². The van der Waals surface area contributed by atoms with Gasteiger partial charge in [-0.2, -0.15) is 0 Å². The maximum absolute atomic E-state index is 11.4. The van der Waals surface area contributed by atoms with Crippen LogP contribution in [0.15, 0.2) is 26.5 Å². The summed E-state index contributed by atoms with van der Waals surface area (Å²) in [6, 6.07) is 1.17. The molecule has 6 nitrogen and oxygen atoms in total. The van der Waals surface area contributed by atoms with Crippen LogP contribution >= 0.6 is 11.3 Å². The van der Waals surface area contributed by atoms with Crippen molar-refractivity contribution in [3.05, 3.63) is 43.5 Å². The predicted molar refractivity (Wildman–Crippen MR) is 57.0 cm³/mol. The van der Waals surface area contributed by atoms with Crippen LogP contribution in [0.1, 0.15) is 5.69 Å². The Morgan fingerprint density at radius 2 is 2.33 bits per heavy atom. The molecule has 0 radical (unpaired) electrons. The van der Waals surface area contributed by atoms with Gasteiger partial charge < -0.3 is 5.73 Å². The fourth-order valence-corrected chi connectivity index (χ4v) is 1.73. The van der Waals surface area contributed by atoms with E-state index >= 15 is 0 Å². The van der Waals surface area contributed by atoms with E-state index in [-0.39, 0.29) is 12.4 Å². The van der Waals surface area contributed by atoms with Gasteiger partial charge in [0.2, 0.25) is 0 Å². The second-order valence-corrected chi connectivity index (χ2v) is 3.65. The number of nitrogens with two attached hydrogens (primary N) is 1. The largest absolute Gasteiger partial charge is 0.385 e. The lowest BCUT2D eigenvalue weighted by Crippen LogP contribution is -2.31. The van der Waals surface area contributed by atoms with Crippen molar-refractivity contribution >= 4 is 17.2 Å². The van der Waals surface area contributed by atoms with E-state index in [1.165, 1.54) is 22.0 Å². The van der Waals surface area contributed by atoms with Crippen molar-refractivity contribution < 1.29 is 0 Å². The highest BCUT2D eigenvalue weighted by atomic mass is 32.1. The molecule has 0 saturated carbocycles. The van der Waals surface area contributed by atoms with Gasteiger partial charge in [0.15, 0.2) is 0 Å². The number of nitrogens with zero attached hydrogens (tertiary/aromatic N) is 2. The van der Waals surface area contributed by atoms with Gasteiger partial charge in [-0.15, -0.1) is 11.3 Å². The zero-order valence-electron chi connectivity index (χ0n) is 7.64. The van der Waals surface area contributed by atoms with Gasteiger partial charge in [0.1, 0.15) is 5.82 Å². The third kappa shape index (κ3) is 1.96. The number of nitrogen functional groups attached to an aromatic ring is 1. The Kier molecular flexibility index (Phi) is 2.38. The summed E-state index contributed by atoms with van der Waals surface area (Å²) in [4.78, 5) is 28.5. The van der Waals surface area contributed by atoms with Crippen LogP contribution in [-0.2, 0) is 6.54 Å². The fraction of sp³-hybridized carbons (Fsp3) is 0.125. The highest BCUT2D eigenvalue weighted by Gasteiger charge is 2.04. The first-order chi connectivity index (χ1) is 7.16. The maximum atomic E-state index is 11.4. The molecule has 2 rings (SSSR count). The molecule has 0 aliphatic carbocycles. The van der Waals surface area contributed by atoms with Gasteiger partial charge in [-0.25, -0.2) is 9.78 Å². The molecule has 7 heteroatoms. The first kappa shape index (κ1) is 9.66. The molecule has 0 amide bonds. The van der Waals surface area contributed by atoms with Crippen molar-refractivity contribution in [1.29, 1.82) is 0 Å². The monoisotopic (exact) mass is 224 g/mol. The maximum Gasteiger partial charge on any atom is 0.330 e. The number of aromatic nitrogens is 3. The summed E-state index contributed by atoms with van der Waals surface area (Å²) in [7, 11) is 0. The van der Waals surface area contributed by atoms with E-state index in [0.717, 1.165) is 5.69 Å². The van der Waals surface area contributed by atoms with Gasteiger partial charge in [0, 0.05) is 11.4 Å². The Hall–Kier alpha value is -1.89. The highest BCUT2D eigenvalue weighted by molar-refractivity contribution is 7.07. The average Bonchev–Trinajstić information content (AvgIpc) is 2.63. The van der Waals surface area contributed by atoms with E-state index in [2.05, 4.69) is 9.97 Å². The molecule has 2 aromatic heterocycles. The Labute approximate surface area is 88.0 Å². The highest BCUT2D eigenvalue weighted by Crippen LogP contribution is 2.04. The molecule has 0 fully saturated rings. The molecule has 15 heavy (non-hydrogen) atoms. The Balaban J connectivity index is 2.45. The summed E-state index contributed by atoms with van der Waals surface area (Å²) in [5, 5.41) is 1.82. The number of aromatic amines is 1. The molecule has 0 aliphatic heterocycles. The number of rotatable bonds is 2. The summed E-state index contributed by atoms with van der Waals surface area (Å²) in [6.45, 7) is 0.269. The van der Waals surface area contributed by atoms with Crippen molar-refractivity contribution in [3.63, 3.8) is 0 Å². The standard InChI is InChI=1S/C8H8N4O2S/c9-6-1-7(13)11-8(14)12(6)2-5-3-15-4-10-5/h1,3-4H,2,9H2,(H,11,13,14). The number of hydrogen-bond acceptors (Lipinski definition) is 5. The first-order valence-electron chi connectivity index (χ1n) is 4.13. The Morgan fingerprint density at radius 3 is 2.93 bits per heavy atom. The minimum Gasteiger partial charge on any atom is -0.385 e. The minimum atomic E-state index is -0.520. The van der Waals surface area contributed by atoms with Crippen molar-refractivity contribution in [2.24, 2.45) is 0 Å². The third-order valence-electron chi connectivity index (χ3n) is 1.87. The lowest BCUT2D eigenvalue weighted by atomic mass is 10.4. The topological polar surface area (TPSA) is 93.8 Å². The lowest BCUT2D eigenvalue weighted by Gasteiger charge is -2.05. The van der Waals surface area contributed by atoms with Gasteiger partial charge in [0.25, 0.3) is 5.56 Å². The van der Waals surface area contributed by atoms with Gasteiger partial charge in [-0.05, 0) is 0 Å². The number of H-pyrrole nitrogens is 1. The van der Waals surface area contributed by atoms with Crippen LogP contribution in [0.4, 0.5) is 5.82 Å². The van der Waals surface area contributed by atoms with Gasteiger partial charge in [-0.3, -0.25) is 14.3 Å². The van der Waals surface area contributed by atoms with E-state index in [9.17, 15) is 9.59 Å². The van der Waals surface area contributed by atoms with Crippen LogP contribution in [-0.4, -0.2) is 14.5 Å². The van der Waals surface area contributed by atoms with Crippen LogP contribution in [0.3, 0.4) is 0 Å². The van der Waals surface area contributed by atoms with Crippen LogP contribution in [0, 0.1) is 0 Å². The van der Waals surface area contributed by atoms with Gasteiger partial charge in [0.05, 0.1) is 17.7 Å². The second-order valence-electron chi connectivity index (χ2n) is 2.93. The van der Waals surface area contributed by atoms with E-state index in [1.54, 1.807) is 5.51 Å². The lowest BCUT2D eigenvalue weighted by molar-refractivity contribution is 0.720. The smallest absolute Gasteiger partial charge is 0.330 e. The normalized spacial score (nSPS) is 10.4.